The average Bonchev–Trinajstić information content (AvgIpc) is 2.77. The highest BCUT2D eigenvalue weighted by atomic mass is 35.5. The molecule has 0 radical (unpaired) electrons. The van der Waals surface area contributed by atoms with Crippen molar-refractivity contribution in [3.05, 3.63) is 58.6 Å². The maximum atomic E-state index is 6.39. The molecule has 4 heteroatoms. The third kappa shape index (κ3) is 2.66. The summed E-state index contributed by atoms with van der Waals surface area (Å²) in [5.41, 5.74) is 8.92. The summed E-state index contributed by atoms with van der Waals surface area (Å²) in [5.74, 6) is 0.872. The fraction of sp³-hybridized carbons (Fsp3) is 0.250. The van der Waals surface area contributed by atoms with Crippen LogP contribution in [0.2, 0.25) is 5.02 Å². The lowest BCUT2D eigenvalue weighted by atomic mass is 10.1. The highest BCUT2D eigenvalue weighted by Gasteiger charge is 2.30. The van der Waals surface area contributed by atoms with Crippen LogP contribution < -0.4 is 10.5 Å². The molecule has 2 N–H and O–H groups in total. The minimum absolute atomic E-state index is 0.0424. The topological polar surface area (TPSA) is 35.2 Å². The highest BCUT2D eigenvalue weighted by Crippen LogP contribution is 2.41. The molecule has 0 fully saturated rings. The van der Waals surface area contributed by atoms with Crippen LogP contribution in [0.4, 0.5) is 0 Å². The van der Waals surface area contributed by atoms with Crippen molar-refractivity contribution in [1.82, 2.24) is 0 Å². The van der Waals surface area contributed by atoms with E-state index >= 15 is 0 Å². The molecule has 0 saturated heterocycles. The number of hydrogen-bond donors (Lipinski definition) is 1. The van der Waals surface area contributed by atoms with Gasteiger partial charge in [-0.25, -0.2) is 0 Å². The minimum Gasteiger partial charge on any atom is -0.497 e. The summed E-state index contributed by atoms with van der Waals surface area (Å²) in [4.78, 5) is 1.20. The van der Waals surface area contributed by atoms with Crippen molar-refractivity contribution >= 4 is 23.4 Å². The van der Waals surface area contributed by atoms with E-state index in [1.165, 1.54) is 16.0 Å². The van der Waals surface area contributed by atoms with Crippen LogP contribution in [0.3, 0.4) is 0 Å². The van der Waals surface area contributed by atoms with Gasteiger partial charge in [0, 0.05) is 21.2 Å². The van der Waals surface area contributed by atoms with Gasteiger partial charge < -0.3 is 10.5 Å². The number of halogens is 1. The molecule has 2 atom stereocenters. The van der Waals surface area contributed by atoms with Crippen LogP contribution in [0.1, 0.15) is 17.2 Å². The van der Waals surface area contributed by atoms with Gasteiger partial charge in [-0.15, -0.1) is 11.8 Å². The van der Waals surface area contributed by atoms with Crippen LogP contribution in [0.25, 0.3) is 0 Å². The van der Waals surface area contributed by atoms with Crippen molar-refractivity contribution in [1.29, 1.82) is 0 Å². The number of nitrogens with two attached hydrogens (primary N) is 1. The van der Waals surface area contributed by atoms with Gasteiger partial charge in [-0.3, -0.25) is 0 Å². The van der Waals surface area contributed by atoms with Gasteiger partial charge in [0.1, 0.15) is 5.75 Å². The van der Waals surface area contributed by atoms with E-state index in [1.54, 1.807) is 7.11 Å². The molecule has 0 aromatic heterocycles. The number of benzene rings is 2. The second-order valence-electron chi connectivity index (χ2n) is 4.90. The lowest BCUT2D eigenvalue weighted by Gasteiger charge is -2.15. The molecule has 2 aromatic rings. The summed E-state index contributed by atoms with van der Waals surface area (Å²) < 4.78 is 5.28. The molecule has 104 valence electrons. The molecule has 3 rings (SSSR count). The zero-order chi connectivity index (χ0) is 14.1. The molecule has 2 aromatic carbocycles. The molecular weight excluding hydrogens is 290 g/mol. The van der Waals surface area contributed by atoms with Crippen molar-refractivity contribution in [2.75, 3.05) is 7.11 Å². The van der Waals surface area contributed by atoms with E-state index in [0.29, 0.717) is 5.25 Å². The van der Waals surface area contributed by atoms with Gasteiger partial charge in [0.2, 0.25) is 0 Å². The maximum Gasteiger partial charge on any atom is 0.119 e. The van der Waals surface area contributed by atoms with E-state index in [0.717, 1.165) is 17.2 Å². The second kappa shape index (κ2) is 5.68. The zero-order valence-electron chi connectivity index (χ0n) is 11.2. The van der Waals surface area contributed by atoms with Crippen molar-refractivity contribution in [2.24, 2.45) is 5.73 Å². The standard InChI is InChI=1S/C16H16ClNOS/c1-19-12-5-2-10-8-15(16(18)14(10)9-12)20-13-6-3-11(17)4-7-13/h2-7,9,15-16H,8,18H2,1H3. The lowest BCUT2D eigenvalue weighted by Crippen LogP contribution is -2.18. The molecule has 0 bridgehead atoms. The fourth-order valence-corrected chi connectivity index (χ4v) is 3.87. The Balaban J connectivity index is 1.79. The summed E-state index contributed by atoms with van der Waals surface area (Å²) in [6.45, 7) is 0. The molecule has 2 unspecified atom stereocenters. The molecule has 20 heavy (non-hydrogen) atoms. The molecule has 1 aliphatic rings. The van der Waals surface area contributed by atoms with Crippen LogP contribution in [0.15, 0.2) is 47.4 Å². The Kier molecular flexibility index (Phi) is 3.92. The Morgan fingerprint density at radius 1 is 1.20 bits per heavy atom. The highest BCUT2D eigenvalue weighted by molar-refractivity contribution is 8.00. The van der Waals surface area contributed by atoms with Crippen LogP contribution in [0, 0.1) is 0 Å². The molecule has 0 saturated carbocycles. The molecule has 0 amide bonds. The quantitative estimate of drug-likeness (QED) is 0.928. The van der Waals surface area contributed by atoms with E-state index in [9.17, 15) is 0 Å². The van der Waals surface area contributed by atoms with Crippen molar-refractivity contribution < 1.29 is 4.74 Å². The molecule has 0 heterocycles. The van der Waals surface area contributed by atoms with Crippen LogP contribution in [-0.2, 0) is 6.42 Å². The van der Waals surface area contributed by atoms with Gasteiger partial charge in [0.05, 0.1) is 7.11 Å². The molecule has 1 aliphatic carbocycles. The number of thioether (sulfide) groups is 1. The van der Waals surface area contributed by atoms with E-state index in [2.05, 4.69) is 12.1 Å². The molecule has 0 aliphatic heterocycles. The number of ether oxygens (including phenoxy) is 1. The van der Waals surface area contributed by atoms with Crippen molar-refractivity contribution in [3.8, 4) is 5.75 Å². The van der Waals surface area contributed by atoms with E-state index in [1.807, 2.05) is 42.1 Å². The normalized spacial score (nSPS) is 20.8. The largest absolute Gasteiger partial charge is 0.497 e. The molecule has 0 spiro atoms. The van der Waals surface area contributed by atoms with Crippen LogP contribution in [-0.4, -0.2) is 12.4 Å². The number of hydrogen-bond acceptors (Lipinski definition) is 3. The zero-order valence-corrected chi connectivity index (χ0v) is 12.7. The Hall–Kier alpha value is -1.16. The number of fused-ring (bicyclic) bond motifs is 1. The lowest BCUT2D eigenvalue weighted by molar-refractivity contribution is 0.414. The SMILES string of the molecule is COc1ccc2c(c1)C(N)C(Sc1ccc(Cl)cc1)C2. The summed E-state index contributed by atoms with van der Waals surface area (Å²) in [7, 11) is 1.68. The monoisotopic (exact) mass is 305 g/mol. The van der Waals surface area contributed by atoms with Gasteiger partial charge in [-0.2, -0.15) is 0 Å². The predicted molar refractivity (Wildman–Crippen MR) is 84.7 cm³/mol. The third-order valence-corrected chi connectivity index (χ3v) is 5.19. The van der Waals surface area contributed by atoms with Gasteiger partial charge >= 0.3 is 0 Å². The summed E-state index contributed by atoms with van der Waals surface area (Å²) in [6, 6.07) is 14.1. The van der Waals surface area contributed by atoms with Gasteiger partial charge in [-0.05, 0) is 53.9 Å². The number of rotatable bonds is 3. The second-order valence-corrected chi connectivity index (χ2v) is 6.65. The first-order chi connectivity index (χ1) is 9.67. The van der Waals surface area contributed by atoms with E-state index in [-0.39, 0.29) is 6.04 Å². The maximum absolute atomic E-state index is 6.39. The summed E-state index contributed by atoms with van der Waals surface area (Å²) >= 11 is 7.73. The first-order valence-electron chi connectivity index (χ1n) is 6.52. The predicted octanol–water partition coefficient (Wildman–Crippen LogP) is 4.07. The Bertz CT molecular complexity index is 614. The Morgan fingerprint density at radius 3 is 2.65 bits per heavy atom. The molecule has 2 nitrogen and oxygen atoms in total. The van der Waals surface area contributed by atoms with Crippen LogP contribution in [0.5, 0.6) is 5.75 Å². The first kappa shape index (κ1) is 13.8. The number of methoxy groups -OCH3 is 1. The van der Waals surface area contributed by atoms with Gasteiger partial charge in [-0.1, -0.05) is 17.7 Å². The van der Waals surface area contributed by atoms with E-state index in [4.69, 9.17) is 22.1 Å². The Labute approximate surface area is 128 Å². The fourth-order valence-electron chi connectivity index (χ4n) is 2.54. The van der Waals surface area contributed by atoms with Crippen molar-refractivity contribution in [2.45, 2.75) is 22.6 Å². The Morgan fingerprint density at radius 2 is 1.95 bits per heavy atom. The third-order valence-electron chi connectivity index (χ3n) is 3.63. The minimum atomic E-state index is 0.0424. The van der Waals surface area contributed by atoms with Gasteiger partial charge in [0.15, 0.2) is 0 Å². The van der Waals surface area contributed by atoms with Gasteiger partial charge in [0.25, 0.3) is 0 Å². The van der Waals surface area contributed by atoms with Crippen LogP contribution >= 0.6 is 23.4 Å². The van der Waals surface area contributed by atoms with E-state index < -0.39 is 0 Å². The first-order valence-corrected chi connectivity index (χ1v) is 7.78. The molecular formula is C16H16ClNOS. The average molecular weight is 306 g/mol. The van der Waals surface area contributed by atoms with Crippen molar-refractivity contribution in [3.63, 3.8) is 0 Å². The summed E-state index contributed by atoms with van der Waals surface area (Å²) in [6.07, 6.45) is 0.994. The summed E-state index contributed by atoms with van der Waals surface area (Å²) in [5, 5.41) is 1.12. The smallest absolute Gasteiger partial charge is 0.119 e.